The highest BCUT2D eigenvalue weighted by molar-refractivity contribution is 5.87. The van der Waals surface area contributed by atoms with Gasteiger partial charge in [-0.2, -0.15) is 0 Å². The highest BCUT2D eigenvalue weighted by Crippen LogP contribution is 2.01. The Morgan fingerprint density at radius 1 is 0.944 bits per heavy atom. The Morgan fingerprint density at radius 3 is 1.44 bits per heavy atom. The second-order valence-electron chi connectivity index (χ2n) is 3.89. The van der Waals surface area contributed by atoms with Crippen molar-refractivity contribution in [3.05, 3.63) is 24.3 Å². The van der Waals surface area contributed by atoms with Gasteiger partial charge in [0.05, 0.1) is 0 Å². The molecule has 0 aliphatic rings. The molecule has 0 saturated carbocycles. The van der Waals surface area contributed by atoms with Gasteiger partial charge in [-0.3, -0.25) is 0 Å². The van der Waals surface area contributed by atoms with Crippen LogP contribution in [0.4, 0.5) is 0 Å². The molecule has 6 heteroatoms. The van der Waals surface area contributed by atoms with Crippen molar-refractivity contribution in [2.75, 3.05) is 13.2 Å². The van der Waals surface area contributed by atoms with E-state index in [2.05, 4.69) is 22.6 Å². The first kappa shape index (κ1) is 16.3. The summed E-state index contributed by atoms with van der Waals surface area (Å²) >= 11 is 0. The van der Waals surface area contributed by atoms with Gasteiger partial charge in [0.25, 0.3) is 0 Å². The molecule has 0 aromatic heterocycles. The molecule has 0 radical (unpaired) electrons. The van der Waals surface area contributed by atoms with Crippen LogP contribution in [0.2, 0.25) is 0 Å². The molecular formula is C12H18O6. The van der Waals surface area contributed by atoms with Crippen LogP contribution in [0.15, 0.2) is 24.3 Å². The van der Waals surface area contributed by atoms with Gasteiger partial charge in [-0.05, 0) is 13.8 Å². The number of hydrogen-bond acceptors (Lipinski definition) is 6. The molecule has 0 heterocycles. The van der Waals surface area contributed by atoms with Crippen LogP contribution in [0.25, 0.3) is 0 Å². The van der Waals surface area contributed by atoms with Crippen LogP contribution >= 0.6 is 0 Å². The van der Waals surface area contributed by atoms with E-state index in [1.807, 2.05) is 0 Å². The molecule has 0 spiro atoms. The van der Waals surface area contributed by atoms with Crippen LogP contribution in [-0.4, -0.2) is 47.6 Å². The Bertz CT molecular complexity index is 312. The normalized spacial score (nSPS) is 13.3. The van der Waals surface area contributed by atoms with E-state index < -0.39 is 37.4 Å². The quantitative estimate of drug-likeness (QED) is 0.491. The zero-order valence-corrected chi connectivity index (χ0v) is 10.5. The predicted octanol–water partition coefficient (Wildman–Crippen LogP) is -0.0532. The van der Waals surface area contributed by atoms with E-state index in [1.54, 1.807) is 0 Å². The molecular weight excluding hydrogens is 240 g/mol. The molecule has 0 amide bonds. The van der Waals surface area contributed by atoms with Crippen LogP contribution < -0.4 is 0 Å². The van der Waals surface area contributed by atoms with Gasteiger partial charge < -0.3 is 19.7 Å². The topological polar surface area (TPSA) is 93.1 Å². The molecule has 6 nitrogen and oxygen atoms in total. The van der Waals surface area contributed by atoms with Crippen LogP contribution in [0, 0.1) is 0 Å². The summed E-state index contributed by atoms with van der Waals surface area (Å²) in [5.41, 5.74) is 0.371. The van der Waals surface area contributed by atoms with Gasteiger partial charge in [-0.1, -0.05) is 13.2 Å². The predicted molar refractivity (Wildman–Crippen MR) is 63.6 cm³/mol. The number of esters is 2. The second kappa shape index (κ2) is 7.62. The van der Waals surface area contributed by atoms with Gasteiger partial charge in [0.1, 0.15) is 25.4 Å². The largest absolute Gasteiger partial charge is 0.459 e. The van der Waals surface area contributed by atoms with E-state index in [0.29, 0.717) is 0 Å². The maximum absolute atomic E-state index is 11.0. The minimum Gasteiger partial charge on any atom is -0.459 e. The Hall–Kier alpha value is -1.66. The fraction of sp³-hybridized carbons (Fsp3) is 0.500. The Labute approximate surface area is 106 Å². The lowest BCUT2D eigenvalue weighted by atomic mass is 10.2. The van der Waals surface area contributed by atoms with Crippen molar-refractivity contribution in [3.8, 4) is 0 Å². The number of carbonyl (C=O) groups is 2. The van der Waals surface area contributed by atoms with Gasteiger partial charge in [0, 0.05) is 11.1 Å². The summed E-state index contributed by atoms with van der Waals surface area (Å²) in [7, 11) is 0. The van der Waals surface area contributed by atoms with Crippen LogP contribution in [0.1, 0.15) is 13.8 Å². The number of hydrogen-bond donors (Lipinski definition) is 2. The van der Waals surface area contributed by atoms with E-state index in [9.17, 15) is 19.8 Å². The van der Waals surface area contributed by atoms with Crippen molar-refractivity contribution >= 4 is 11.9 Å². The molecule has 2 unspecified atom stereocenters. The minimum absolute atomic E-state index is 0.186. The number of aliphatic hydroxyl groups excluding tert-OH is 2. The SMILES string of the molecule is C=C(C)C(=O)OCC(O)C(O)COC(=O)C(=C)C. The first-order chi connectivity index (χ1) is 8.25. The molecule has 0 aromatic carbocycles. The molecule has 0 saturated heterocycles. The zero-order valence-electron chi connectivity index (χ0n) is 10.5. The first-order valence-electron chi connectivity index (χ1n) is 5.27. The Balaban J connectivity index is 4.00. The average Bonchev–Trinajstić information content (AvgIpc) is 2.31. The summed E-state index contributed by atoms with van der Waals surface area (Å²) in [5.74, 6) is -1.33. The summed E-state index contributed by atoms with van der Waals surface area (Å²) in [6.45, 7) is 8.82. The van der Waals surface area contributed by atoms with E-state index in [1.165, 1.54) is 13.8 Å². The number of ether oxygens (including phenoxy) is 2. The molecule has 2 atom stereocenters. The molecule has 0 rings (SSSR count). The van der Waals surface area contributed by atoms with Crippen LogP contribution in [0.3, 0.4) is 0 Å². The second-order valence-corrected chi connectivity index (χ2v) is 3.89. The van der Waals surface area contributed by atoms with Crippen molar-refractivity contribution in [1.29, 1.82) is 0 Å². The third kappa shape index (κ3) is 6.17. The Kier molecular flexibility index (Phi) is 6.92. The maximum atomic E-state index is 11.0. The fourth-order valence-electron chi connectivity index (χ4n) is 0.791. The third-order valence-electron chi connectivity index (χ3n) is 1.91. The molecule has 0 aliphatic carbocycles. The number of carbonyl (C=O) groups excluding carboxylic acids is 2. The zero-order chi connectivity index (χ0) is 14.3. The van der Waals surface area contributed by atoms with E-state index >= 15 is 0 Å². The number of aliphatic hydroxyl groups is 2. The number of rotatable bonds is 7. The molecule has 0 aliphatic heterocycles. The van der Waals surface area contributed by atoms with Crippen LogP contribution in [-0.2, 0) is 19.1 Å². The monoisotopic (exact) mass is 258 g/mol. The Morgan fingerprint density at radius 2 is 1.22 bits per heavy atom. The first-order valence-corrected chi connectivity index (χ1v) is 5.27. The van der Waals surface area contributed by atoms with Gasteiger partial charge in [-0.25, -0.2) is 9.59 Å². The molecule has 0 fully saturated rings. The summed E-state index contributed by atoms with van der Waals surface area (Å²) in [5, 5.41) is 18.9. The molecule has 2 N–H and O–H groups in total. The molecule has 18 heavy (non-hydrogen) atoms. The van der Waals surface area contributed by atoms with Crippen LogP contribution in [0.5, 0.6) is 0 Å². The van der Waals surface area contributed by atoms with Crippen molar-refractivity contribution in [2.24, 2.45) is 0 Å². The smallest absolute Gasteiger partial charge is 0.333 e. The van der Waals surface area contributed by atoms with Gasteiger partial charge in [0.2, 0.25) is 0 Å². The standard InChI is InChI=1S/C12H18O6/c1-7(2)11(15)17-5-9(13)10(14)6-18-12(16)8(3)4/h9-10,13-14H,1,3,5-6H2,2,4H3. The van der Waals surface area contributed by atoms with E-state index in [-0.39, 0.29) is 11.1 Å². The lowest BCUT2D eigenvalue weighted by Gasteiger charge is -2.17. The fourth-order valence-corrected chi connectivity index (χ4v) is 0.791. The lowest BCUT2D eigenvalue weighted by molar-refractivity contribution is -0.151. The summed E-state index contributed by atoms with van der Waals surface area (Å²) in [6.07, 6.45) is -2.68. The molecule has 0 bridgehead atoms. The van der Waals surface area contributed by atoms with Gasteiger partial charge >= 0.3 is 11.9 Å². The summed E-state index contributed by atoms with van der Waals surface area (Å²) in [6, 6.07) is 0. The lowest BCUT2D eigenvalue weighted by Crippen LogP contribution is -2.35. The highest BCUT2D eigenvalue weighted by Gasteiger charge is 2.20. The van der Waals surface area contributed by atoms with E-state index in [4.69, 9.17) is 0 Å². The third-order valence-corrected chi connectivity index (χ3v) is 1.91. The van der Waals surface area contributed by atoms with Crippen molar-refractivity contribution in [3.63, 3.8) is 0 Å². The summed E-state index contributed by atoms with van der Waals surface area (Å²) in [4.78, 5) is 22.0. The van der Waals surface area contributed by atoms with Gasteiger partial charge in [-0.15, -0.1) is 0 Å². The maximum Gasteiger partial charge on any atom is 0.333 e. The van der Waals surface area contributed by atoms with Crippen molar-refractivity contribution in [1.82, 2.24) is 0 Å². The van der Waals surface area contributed by atoms with E-state index in [0.717, 1.165) is 0 Å². The van der Waals surface area contributed by atoms with Crippen molar-refractivity contribution < 1.29 is 29.3 Å². The molecule has 0 aromatic rings. The van der Waals surface area contributed by atoms with Gasteiger partial charge in [0.15, 0.2) is 0 Å². The highest BCUT2D eigenvalue weighted by atomic mass is 16.6. The average molecular weight is 258 g/mol. The van der Waals surface area contributed by atoms with Crippen molar-refractivity contribution in [2.45, 2.75) is 26.1 Å². The minimum atomic E-state index is -1.34. The molecule has 102 valence electrons. The summed E-state index contributed by atoms with van der Waals surface area (Å²) < 4.78 is 9.27.